The minimum Gasteiger partial charge on any atom is -0.376 e. The minimum atomic E-state index is -0.295. The summed E-state index contributed by atoms with van der Waals surface area (Å²) in [5, 5.41) is 3.53. The van der Waals surface area contributed by atoms with Crippen molar-refractivity contribution in [3.05, 3.63) is 35.1 Å². The zero-order valence-electron chi connectivity index (χ0n) is 13.4. The van der Waals surface area contributed by atoms with E-state index in [9.17, 15) is 4.39 Å². The number of hydrogen-bond donors (Lipinski definition) is 1. The molecule has 0 aliphatic carbocycles. The summed E-state index contributed by atoms with van der Waals surface area (Å²) in [4.78, 5) is 0. The predicted octanol–water partition coefficient (Wildman–Crippen LogP) is 4.38. The average molecular weight is 281 g/mol. The highest BCUT2D eigenvalue weighted by Crippen LogP contribution is 2.35. The number of methoxy groups -OCH3 is 1. The Morgan fingerprint density at radius 3 is 2.35 bits per heavy atom. The fourth-order valence-corrected chi connectivity index (χ4v) is 2.75. The van der Waals surface area contributed by atoms with Crippen LogP contribution in [0.3, 0.4) is 0 Å². The number of ether oxygens (including phenoxy) is 1. The molecule has 0 amide bonds. The van der Waals surface area contributed by atoms with E-state index in [4.69, 9.17) is 4.74 Å². The van der Waals surface area contributed by atoms with Crippen molar-refractivity contribution in [1.82, 2.24) is 5.32 Å². The third kappa shape index (κ3) is 3.58. The summed E-state index contributed by atoms with van der Waals surface area (Å²) in [6.45, 7) is 9.06. The molecule has 0 spiro atoms. The van der Waals surface area contributed by atoms with Gasteiger partial charge in [-0.1, -0.05) is 32.9 Å². The van der Waals surface area contributed by atoms with E-state index in [0.29, 0.717) is 5.56 Å². The van der Waals surface area contributed by atoms with Crippen LogP contribution in [0.1, 0.15) is 57.2 Å². The Balaban J connectivity index is 3.19. The number of halogens is 1. The molecule has 3 heteroatoms. The van der Waals surface area contributed by atoms with Crippen LogP contribution in [-0.2, 0) is 4.74 Å². The second kappa shape index (κ2) is 7.75. The second-order valence-electron chi connectivity index (χ2n) is 5.37. The van der Waals surface area contributed by atoms with E-state index in [2.05, 4.69) is 26.1 Å². The molecule has 0 bridgehead atoms. The second-order valence-corrected chi connectivity index (χ2v) is 5.37. The molecule has 20 heavy (non-hydrogen) atoms. The number of benzene rings is 1. The lowest BCUT2D eigenvalue weighted by atomic mass is 9.83. The van der Waals surface area contributed by atoms with Crippen LogP contribution in [0.15, 0.2) is 18.2 Å². The maximum atomic E-state index is 13.9. The summed E-state index contributed by atoms with van der Waals surface area (Å²) in [7, 11) is 1.75. The maximum Gasteiger partial charge on any atom is 0.126 e. The highest BCUT2D eigenvalue weighted by Gasteiger charge is 2.36. The smallest absolute Gasteiger partial charge is 0.126 e. The molecule has 0 saturated carbocycles. The largest absolute Gasteiger partial charge is 0.376 e. The molecule has 0 aliphatic heterocycles. The molecule has 1 aromatic rings. The third-order valence-electron chi connectivity index (χ3n) is 4.26. The van der Waals surface area contributed by atoms with Gasteiger partial charge in [-0.25, -0.2) is 4.39 Å². The molecule has 114 valence electrons. The summed E-state index contributed by atoms with van der Waals surface area (Å²) in [5.41, 5.74) is 1.35. The zero-order valence-corrected chi connectivity index (χ0v) is 13.4. The molecule has 0 heterocycles. The molecule has 0 fully saturated rings. The van der Waals surface area contributed by atoms with E-state index in [1.165, 1.54) is 0 Å². The van der Waals surface area contributed by atoms with Crippen LogP contribution < -0.4 is 5.32 Å². The highest BCUT2D eigenvalue weighted by atomic mass is 19.1. The van der Waals surface area contributed by atoms with Gasteiger partial charge in [0.05, 0.1) is 11.6 Å². The standard InChI is InChI=1S/C17H28FNO/c1-6-11-19-16(17(7-2,8-3)20-5)14-10-9-13(4)15(18)12-14/h9-10,12,16,19H,6-8,11H2,1-5H3. The Labute approximate surface area is 122 Å². The van der Waals surface area contributed by atoms with Crippen molar-refractivity contribution in [2.24, 2.45) is 0 Å². The first-order chi connectivity index (χ1) is 9.54. The first-order valence-corrected chi connectivity index (χ1v) is 7.59. The number of rotatable bonds is 8. The maximum absolute atomic E-state index is 13.9. The van der Waals surface area contributed by atoms with Crippen molar-refractivity contribution in [3.8, 4) is 0 Å². The van der Waals surface area contributed by atoms with Gasteiger partial charge in [-0.3, -0.25) is 0 Å². The van der Waals surface area contributed by atoms with E-state index in [0.717, 1.165) is 31.4 Å². The van der Waals surface area contributed by atoms with Crippen LogP contribution in [0.2, 0.25) is 0 Å². The first-order valence-electron chi connectivity index (χ1n) is 7.59. The van der Waals surface area contributed by atoms with Crippen LogP contribution in [-0.4, -0.2) is 19.3 Å². The normalized spacial score (nSPS) is 13.5. The van der Waals surface area contributed by atoms with E-state index in [-0.39, 0.29) is 17.5 Å². The van der Waals surface area contributed by atoms with Crippen LogP contribution in [0.4, 0.5) is 4.39 Å². The first kappa shape index (κ1) is 17.1. The van der Waals surface area contributed by atoms with Crippen LogP contribution in [0.25, 0.3) is 0 Å². The van der Waals surface area contributed by atoms with Crippen molar-refractivity contribution < 1.29 is 9.13 Å². The Morgan fingerprint density at radius 2 is 1.90 bits per heavy atom. The number of nitrogens with one attached hydrogen (secondary N) is 1. The molecule has 2 nitrogen and oxygen atoms in total. The lowest BCUT2D eigenvalue weighted by Crippen LogP contribution is -2.45. The molecule has 1 atom stereocenters. The Morgan fingerprint density at radius 1 is 1.25 bits per heavy atom. The molecule has 0 aromatic heterocycles. The fraction of sp³-hybridized carbons (Fsp3) is 0.647. The van der Waals surface area contributed by atoms with E-state index in [1.54, 1.807) is 20.1 Å². The Kier molecular flexibility index (Phi) is 6.63. The lowest BCUT2D eigenvalue weighted by Gasteiger charge is -2.39. The van der Waals surface area contributed by atoms with Crippen molar-refractivity contribution >= 4 is 0 Å². The monoisotopic (exact) mass is 281 g/mol. The zero-order chi connectivity index (χ0) is 15.2. The van der Waals surface area contributed by atoms with Gasteiger partial charge in [-0.05, 0) is 49.9 Å². The molecule has 0 radical (unpaired) electrons. The minimum absolute atomic E-state index is 0.0116. The lowest BCUT2D eigenvalue weighted by molar-refractivity contribution is -0.0486. The van der Waals surface area contributed by atoms with Gasteiger partial charge >= 0.3 is 0 Å². The van der Waals surface area contributed by atoms with Gasteiger partial charge in [-0.15, -0.1) is 0 Å². The van der Waals surface area contributed by atoms with Gasteiger partial charge in [0.1, 0.15) is 5.82 Å². The van der Waals surface area contributed by atoms with Gasteiger partial charge in [-0.2, -0.15) is 0 Å². The van der Waals surface area contributed by atoms with Crippen LogP contribution >= 0.6 is 0 Å². The fourth-order valence-electron chi connectivity index (χ4n) is 2.75. The van der Waals surface area contributed by atoms with Crippen LogP contribution in [0, 0.1) is 12.7 Å². The molecule has 1 rings (SSSR count). The van der Waals surface area contributed by atoms with Crippen molar-refractivity contribution in [1.29, 1.82) is 0 Å². The molecule has 0 saturated heterocycles. The quantitative estimate of drug-likeness (QED) is 0.763. The van der Waals surface area contributed by atoms with Crippen molar-refractivity contribution in [2.45, 2.75) is 58.6 Å². The van der Waals surface area contributed by atoms with Crippen LogP contribution in [0.5, 0.6) is 0 Å². The SMILES string of the molecule is CCCNC(c1ccc(C)c(F)c1)C(CC)(CC)OC. The van der Waals surface area contributed by atoms with Gasteiger partial charge < -0.3 is 10.1 Å². The topological polar surface area (TPSA) is 21.3 Å². The van der Waals surface area contributed by atoms with Gasteiger partial charge in [0.2, 0.25) is 0 Å². The summed E-state index contributed by atoms with van der Waals surface area (Å²) in [6.07, 6.45) is 2.81. The van der Waals surface area contributed by atoms with E-state index in [1.807, 2.05) is 12.1 Å². The van der Waals surface area contributed by atoms with Crippen molar-refractivity contribution in [3.63, 3.8) is 0 Å². The average Bonchev–Trinajstić information content (AvgIpc) is 2.47. The summed E-state index contributed by atoms with van der Waals surface area (Å²) < 4.78 is 19.7. The van der Waals surface area contributed by atoms with Gasteiger partial charge in [0.25, 0.3) is 0 Å². The third-order valence-corrected chi connectivity index (χ3v) is 4.26. The van der Waals surface area contributed by atoms with Gasteiger partial charge in [0, 0.05) is 7.11 Å². The predicted molar refractivity (Wildman–Crippen MR) is 82.5 cm³/mol. The molecule has 1 N–H and O–H groups in total. The van der Waals surface area contributed by atoms with Gasteiger partial charge in [0.15, 0.2) is 0 Å². The van der Waals surface area contributed by atoms with E-state index >= 15 is 0 Å². The molecular weight excluding hydrogens is 253 g/mol. The Hall–Kier alpha value is -0.930. The molecule has 1 unspecified atom stereocenters. The highest BCUT2D eigenvalue weighted by molar-refractivity contribution is 5.28. The summed E-state index contributed by atoms with van der Waals surface area (Å²) in [6, 6.07) is 5.50. The van der Waals surface area contributed by atoms with E-state index < -0.39 is 0 Å². The number of hydrogen-bond acceptors (Lipinski definition) is 2. The summed E-state index contributed by atoms with van der Waals surface area (Å²) in [5.74, 6) is -0.150. The summed E-state index contributed by atoms with van der Waals surface area (Å²) >= 11 is 0. The molecular formula is C17H28FNO. The Bertz CT molecular complexity index is 407. The van der Waals surface area contributed by atoms with Crippen molar-refractivity contribution in [2.75, 3.05) is 13.7 Å². The molecule has 0 aliphatic rings. The molecule has 1 aromatic carbocycles. The number of aryl methyl sites for hydroxylation is 1.